The summed E-state index contributed by atoms with van der Waals surface area (Å²) >= 11 is 0. The lowest BCUT2D eigenvalue weighted by atomic mass is 10.2. The molecule has 1 rings (SSSR count). The molecule has 0 fully saturated rings. The minimum Gasteiger partial charge on any atom is -0.545 e. The molecule has 0 aliphatic heterocycles. The molecule has 0 N–H and O–H groups in total. The monoisotopic (exact) mass is 237 g/mol. The average molecular weight is 237 g/mol. The topological polar surface area (TPSA) is 92.7 Å². The third kappa shape index (κ3) is 3.60. The van der Waals surface area contributed by atoms with Gasteiger partial charge in [-0.2, -0.15) is 0 Å². The molecule has 90 valence electrons. The van der Waals surface area contributed by atoms with Gasteiger partial charge in [-0.3, -0.25) is 9.59 Å². The molecule has 0 heterocycles. The van der Waals surface area contributed by atoms with Gasteiger partial charge >= 0.3 is 11.9 Å². The predicted molar refractivity (Wildman–Crippen MR) is 53.4 cm³/mol. The Hall–Kier alpha value is -2.37. The van der Waals surface area contributed by atoms with Crippen LogP contribution in [0.5, 0.6) is 11.5 Å². The maximum Gasteiger partial charge on any atom is 0.308 e. The lowest BCUT2D eigenvalue weighted by Crippen LogP contribution is -2.23. The Labute approximate surface area is 96.8 Å². The Bertz CT molecular complexity index is 477. The second-order valence-corrected chi connectivity index (χ2v) is 3.13. The minimum atomic E-state index is -1.49. The SMILES string of the molecule is CC(=O)Oc1ccc(C(=O)[O-])c(OC(C)=O)c1. The van der Waals surface area contributed by atoms with Crippen LogP contribution in [0.1, 0.15) is 24.2 Å². The van der Waals surface area contributed by atoms with Crippen molar-refractivity contribution in [3.05, 3.63) is 23.8 Å². The van der Waals surface area contributed by atoms with Crippen molar-refractivity contribution in [3.8, 4) is 11.5 Å². The molecule has 0 bridgehead atoms. The van der Waals surface area contributed by atoms with Crippen LogP contribution in [0.15, 0.2) is 18.2 Å². The quantitative estimate of drug-likeness (QED) is 0.538. The van der Waals surface area contributed by atoms with Crippen LogP contribution < -0.4 is 14.6 Å². The first-order chi connectivity index (χ1) is 7.90. The first-order valence-electron chi connectivity index (χ1n) is 4.62. The fourth-order valence-corrected chi connectivity index (χ4v) is 1.14. The van der Waals surface area contributed by atoms with E-state index in [0.29, 0.717) is 0 Å². The van der Waals surface area contributed by atoms with Crippen molar-refractivity contribution in [2.24, 2.45) is 0 Å². The maximum absolute atomic E-state index is 10.8. The summed E-state index contributed by atoms with van der Waals surface area (Å²) < 4.78 is 9.41. The van der Waals surface area contributed by atoms with E-state index in [9.17, 15) is 19.5 Å². The van der Waals surface area contributed by atoms with Gasteiger partial charge in [0.15, 0.2) is 0 Å². The summed E-state index contributed by atoms with van der Waals surface area (Å²) in [6.07, 6.45) is 0. The first kappa shape index (κ1) is 12.7. The number of carboxylic acid groups (broad SMARTS) is 1. The standard InChI is InChI=1S/C11H10O6/c1-6(12)16-8-3-4-9(11(14)15)10(5-8)17-7(2)13/h3-5H,1-2H3,(H,14,15)/p-1. The lowest BCUT2D eigenvalue weighted by molar-refractivity contribution is -0.255. The molecule has 0 atom stereocenters. The Morgan fingerprint density at radius 3 is 2.12 bits per heavy atom. The van der Waals surface area contributed by atoms with E-state index in [1.807, 2.05) is 0 Å². The molecule has 0 spiro atoms. The Morgan fingerprint density at radius 1 is 1.06 bits per heavy atom. The van der Waals surface area contributed by atoms with Crippen LogP contribution in [0.3, 0.4) is 0 Å². The van der Waals surface area contributed by atoms with Crippen LogP contribution in [-0.4, -0.2) is 17.9 Å². The van der Waals surface area contributed by atoms with E-state index < -0.39 is 17.9 Å². The van der Waals surface area contributed by atoms with Crippen molar-refractivity contribution in [2.75, 3.05) is 0 Å². The summed E-state index contributed by atoms with van der Waals surface area (Å²) in [5.41, 5.74) is -0.295. The summed E-state index contributed by atoms with van der Waals surface area (Å²) in [5, 5.41) is 10.7. The lowest BCUT2D eigenvalue weighted by Gasteiger charge is -2.11. The van der Waals surface area contributed by atoms with Gasteiger partial charge in [0.25, 0.3) is 0 Å². The van der Waals surface area contributed by atoms with Gasteiger partial charge in [0.1, 0.15) is 11.5 Å². The normalized spacial score (nSPS) is 9.53. The van der Waals surface area contributed by atoms with E-state index in [1.165, 1.54) is 13.0 Å². The van der Waals surface area contributed by atoms with E-state index in [1.54, 1.807) is 0 Å². The zero-order valence-electron chi connectivity index (χ0n) is 9.18. The van der Waals surface area contributed by atoms with Crippen molar-refractivity contribution in [1.82, 2.24) is 0 Å². The largest absolute Gasteiger partial charge is 0.545 e. The first-order valence-corrected chi connectivity index (χ1v) is 4.62. The number of benzene rings is 1. The third-order valence-electron chi connectivity index (χ3n) is 1.69. The number of carbonyl (C=O) groups is 3. The Balaban J connectivity index is 3.13. The molecule has 1 aromatic rings. The molecular formula is C11H9O6-. The highest BCUT2D eigenvalue weighted by Gasteiger charge is 2.10. The van der Waals surface area contributed by atoms with E-state index in [-0.39, 0.29) is 17.1 Å². The molecule has 0 saturated carbocycles. The number of esters is 2. The van der Waals surface area contributed by atoms with Crippen LogP contribution in [0.25, 0.3) is 0 Å². The number of carboxylic acids is 1. The molecule has 0 radical (unpaired) electrons. The number of hydrogen-bond acceptors (Lipinski definition) is 6. The molecule has 6 nitrogen and oxygen atoms in total. The molecule has 0 aromatic heterocycles. The van der Waals surface area contributed by atoms with Gasteiger partial charge in [-0.1, -0.05) is 0 Å². The van der Waals surface area contributed by atoms with Crippen LogP contribution in [0.4, 0.5) is 0 Å². The predicted octanol–water partition coefficient (Wildman–Crippen LogP) is -0.0993. The number of ether oxygens (including phenoxy) is 2. The molecule has 17 heavy (non-hydrogen) atoms. The van der Waals surface area contributed by atoms with Crippen LogP contribution in [-0.2, 0) is 9.59 Å². The Morgan fingerprint density at radius 2 is 1.65 bits per heavy atom. The summed E-state index contributed by atoms with van der Waals surface area (Å²) in [4.78, 5) is 32.2. The van der Waals surface area contributed by atoms with Crippen molar-refractivity contribution in [1.29, 1.82) is 0 Å². The van der Waals surface area contributed by atoms with Crippen LogP contribution >= 0.6 is 0 Å². The average Bonchev–Trinajstić information content (AvgIpc) is 2.15. The molecule has 0 aliphatic rings. The van der Waals surface area contributed by atoms with Gasteiger partial charge in [-0.15, -0.1) is 0 Å². The van der Waals surface area contributed by atoms with Crippen molar-refractivity contribution < 1.29 is 29.0 Å². The number of carbonyl (C=O) groups excluding carboxylic acids is 3. The number of rotatable bonds is 3. The van der Waals surface area contributed by atoms with Gasteiger partial charge in [0.05, 0.1) is 5.97 Å². The molecular weight excluding hydrogens is 228 g/mol. The maximum atomic E-state index is 10.8. The second kappa shape index (κ2) is 5.11. The van der Waals surface area contributed by atoms with E-state index in [0.717, 1.165) is 19.1 Å². The second-order valence-electron chi connectivity index (χ2n) is 3.13. The smallest absolute Gasteiger partial charge is 0.308 e. The fourth-order valence-electron chi connectivity index (χ4n) is 1.14. The summed E-state index contributed by atoms with van der Waals surface area (Å²) in [7, 11) is 0. The van der Waals surface area contributed by atoms with Gasteiger partial charge < -0.3 is 19.4 Å². The van der Waals surface area contributed by atoms with Crippen molar-refractivity contribution in [3.63, 3.8) is 0 Å². The summed E-state index contributed by atoms with van der Waals surface area (Å²) in [6.45, 7) is 2.32. The van der Waals surface area contributed by atoms with Crippen molar-refractivity contribution in [2.45, 2.75) is 13.8 Å². The Kier molecular flexibility index (Phi) is 3.82. The van der Waals surface area contributed by atoms with Crippen molar-refractivity contribution >= 4 is 17.9 Å². The molecule has 0 unspecified atom stereocenters. The fraction of sp³-hybridized carbons (Fsp3) is 0.182. The van der Waals surface area contributed by atoms with E-state index in [4.69, 9.17) is 4.74 Å². The minimum absolute atomic E-state index is 0.0822. The van der Waals surface area contributed by atoms with E-state index in [2.05, 4.69) is 4.74 Å². The van der Waals surface area contributed by atoms with Gasteiger partial charge in [0, 0.05) is 25.5 Å². The van der Waals surface area contributed by atoms with Crippen LogP contribution in [0.2, 0.25) is 0 Å². The van der Waals surface area contributed by atoms with E-state index >= 15 is 0 Å². The van der Waals surface area contributed by atoms with Crippen LogP contribution in [0, 0.1) is 0 Å². The zero-order chi connectivity index (χ0) is 13.0. The molecule has 1 aromatic carbocycles. The highest BCUT2D eigenvalue weighted by atomic mass is 16.5. The van der Waals surface area contributed by atoms with Gasteiger partial charge in [-0.25, -0.2) is 0 Å². The summed E-state index contributed by atoms with van der Waals surface area (Å²) in [5.74, 6) is -2.89. The highest BCUT2D eigenvalue weighted by molar-refractivity contribution is 5.90. The highest BCUT2D eigenvalue weighted by Crippen LogP contribution is 2.24. The molecule has 0 aliphatic carbocycles. The van der Waals surface area contributed by atoms with Gasteiger partial charge in [-0.05, 0) is 12.1 Å². The number of aromatic carboxylic acids is 1. The third-order valence-corrected chi connectivity index (χ3v) is 1.69. The molecule has 0 amide bonds. The zero-order valence-corrected chi connectivity index (χ0v) is 9.18. The van der Waals surface area contributed by atoms with Gasteiger partial charge in [0.2, 0.25) is 0 Å². The molecule has 0 saturated heterocycles. The summed E-state index contributed by atoms with van der Waals surface area (Å²) in [6, 6.07) is 3.53. The number of hydrogen-bond donors (Lipinski definition) is 0. The molecule has 6 heteroatoms.